The van der Waals surface area contributed by atoms with Crippen molar-refractivity contribution in [2.75, 3.05) is 6.26 Å². The van der Waals surface area contributed by atoms with Gasteiger partial charge in [-0.15, -0.1) is 11.8 Å². The van der Waals surface area contributed by atoms with Gasteiger partial charge in [0, 0.05) is 6.26 Å². The van der Waals surface area contributed by atoms with Crippen molar-refractivity contribution in [2.45, 2.75) is 9.33 Å². The van der Waals surface area contributed by atoms with Crippen molar-refractivity contribution in [3.05, 3.63) is 24.3 Å². The lowest BCUT2D eigenvalue weighted by Crippen LogP contribution is -2.23. The number of hydrogen-bond donors (Lipinski definition) is 0. The highest BCUT2D eigenvalue weighted by Crippen LogP contribution is 2.59. The van der Waals surface area contributed by atoms with Gasteiger partial charge in [-0.25, -0.2) is 8.42 Å². The highest BCUT2D eigenvalue weighted by Gasteiger charge is 2.60. The Balaban J connectivity index is 2.45. The van der Waals surface area contributed by atoms with E-state index in [1.807, 2.05) is 12.2 Å². The van der Waals surface area contributed by atoms with Crippen LogP contribution >= 0.6 is 11.8 Å². The fourth-order valence-corrected chi connectivity index (χ4v) is 4.42. The molecule has 0 aromatic heterocycles. The number of hydrogen-bond acceptors (Lipinski definition) is 3. The van der Waals surface area contributed by atoms with Gasteiger partial charge in [-0.2, -0.15) is 0 Å². The van der Waals surface area contributed by atoms with Crippen molar-refractivity contribution < 1.29 is 8.42 Å². The quantitative estimate of drug-likeness (QED) is 0.575. The maximum absolute atomic E-state index is 11.2. The molecule has 2 rings (SSSR count). The molecule has 1 aliphatic heterocycles. The minimum absolute atomic E-state index is 0.169. The number of rotatable bonds is 1. The summed E-state index contributed by atoms with van der Waals surface area (Å²) in [6.45, 7) is 0. The van der Waals surface area contributed by atoms with E-state index in [1.165, 1.54) is 18.0 Å². The van der Waals surface area contributed by atoms with Crippen LogP contribution in [0.2, 0.25) is 0 Å². The highest BCUT2D eigenvalue weighted by molar-refractivity contribution is 8.22. The molecule has 60 valence electrons. The molecule has 1 aliphatic carbocycles. The van der Waals surface area contributed by atoms with Crippen LogP contribution in [0.25, 0.3) is 0 Å². The third kappa shape index (κ3) is 0.891. The van der Waals surface area contributed by atoms with Gasteiger partial charge in [0.2, 0.25) is 0 Å². The molecule has 0 N–H and O–H groups in total. The molecule has 0 spiro atoms. The van der Waals surface area contributed by atoms with Crippen molar-refractivity contribution in [1.82, 2.24) is 0 Å². The standard InChI is InChI=1S/C7H8O2S2/c1-11(8,9)7-5-3-2-4-6(7)10-7/h2-6H,1H3. The Labute approximate surface area is 70.3 Å². The summed E-state index contributed by atoms with van der Waals surface area (Å²) in [5.41, 5.74) is 0. The summed E-state index contributed by atoms with van der Waals surface area (Å²) < 4.78 is 21.9. The van der Waals surface area contributed by atoms with Crippen LogP contribution in [0.15, 0.2) is 24.3 Å². The SMILES string of the molecule is CS(=O)(=O)C12C=CC=CC1S2. The van der Waals surface area contributed by atoms with Crippen LogP contribution in [0.3, 0.4) is 0 Å². The summed E-state index contributed by atoms with van der Waals surface area (Å²) in [6.07, 6.45) is 8.71. The Morgan fingerprint density at radius 1 is 1.45 bits per heavy atom. The van der Waals surface area contributed by atoms with Gasteiger partial charge in [0.05, 0.1) is 5.25 Å². The first-order valence-corrected chi connectivity index (χ1v) is 6.07. The summed E-state index contributed by atoms with van der Waals surface area (Å²) in [4.78, 5) is 0. The van der Waals surface area contributed by atoms with E-state index >= 15 is 0 Å². The smallest absolute Gasteiger partial charge is 0.167 e. The molecule has 0 bridgehead atoms. The van der Waals surface area contributed by atoms with Gasteiger partial charge >= 0.3 is 0 Å². The van der Waals surface area contributed by atoms with E-state index in [2.05, 4.69) is 0 Å². The van der Waals surface area contributed by atoms with Gasteiger partial charge in [-0.1, -0.05) is 24.3 Å². The molecule has 2 nitrogen and oxygen atoms in total. The van der Waals surface area contributed by atoms with Crippen LogP contribution in [0.1, 0.15) is 0 Å². The van der Waals surface area contributed by atoms with E-state index in [1.54, 1.807) is 12.2 Å². The van der Waals surface area contributed by atoms with E-state index in [0.717, 1.165) is 0 Å². The van der Waals surface area contributed by atoms with E-state index in [4.69, 9.17) is 0 Å². The highest BCUT2D eigenvalue weighted by atomic mass is 32.3. The summed E-state index contributed by atoms with van der Waals surface area (Å²) in [6, 6.07) is 0. The summed E-state index contributed by atoms with van der Waals surface area (Å²) in [5.74, 6) is 0. The second-order valence-electron chi connectivity index (χ2n) is 2.78. The molecule has 0 amide bonds. The van der Waals surface area contributed by atoms with Crippen LogP contribution < -0.4 is 0 Å². The van der Waals surface area contributed by atoms with E-state index in [9.17, 15) is 8.42 Å². The number of sulfone groups is 1. The predicted molar refractivity (Wildman–Crippen MR) is 47.2 cm³/mol. The molecule has 0 aromatic carbocycles. The van der Waals surface area contributed by atoms with Crippen LogP contribution in [0.4, 0.5) is 0 Å². The normalized spacial score (nSPS) is 40.3. The van der Waals surface area contributed by atoms with Crippen molar-refractivity contribution in [3.63, 3.8) is 0 Å². The Bertz CT molecular complexity index is 339. The van der Waals surface area contributed by atoms with Crippen molar-refractivity contribution in [1.29, 1.82) is 0 Å². The molecule has 0 radical (unpaired) electrons. The monoisotopic (exact) mass is 188 g/mol. The molecular weight excluding hydrogens is 180 g/mol. The topological polar surface area (TPSA) is 34.1 Å². The van der Waals surface area contributed by atoms with Crippen molar-refractivity contribution >= 4 is 21.6 Å². The van der Waals surface area contributed by atoms with E-state index in [-0.39, 0.29) is 5.25 Å². The molecule has 11 heavy (non-hydrogen) atoms. The Morgan fingerprint density at radius 3 is 2.64 bits per heavy atom. The van der Waals surface area contributed by atoms with Crippen LogP contribution in [-0.2, 0) is 9.84 Å². The number of fused-ring (bicyclic) bond motifs is 1. The van der Waals surface area contributed by atoms with Gasteiger partial charge in [-0.05, 0) is 0 Å². The lowest BCUT2D eigenvalue weighted by atomic mass is 10.2. The first-order valence-electron chi connectivity index (χ1n) is 3.30. The largest absolute Gasteiger partial charge is 0.227 e. The van der Waals surface area contributed by atoms with E-state index < -0.39 is 13.9 Å². The molecule has 2 atom stereocenters. The van der Waals surface area contributed by atoms with Gasteiger partial charge < -0.3 is 0 Å². The average Bonchev–Trinajstić information content (AvgIpc) is 2.59. The molecule has 4 heteroatoms. The Morgan fingerprint density at radius 2 is 2.18 bits per heavy atom. The maximum Gasteiger partial charge on any atom is 0.167 e. The zero-order valence-corrected chi connectivity index (χ0v) is 7.65. The zero-order chi connectivity index (χ0) is 8.11. The zero-order valence-electron chi connectivity index (χ0n) is 6.02. The van der Waals surface area contributed by atoms with Gasteiger partial charge in [0.25, 0.3) is 0 Å². The third-order valence-corrected chi connectivity index (χ3v) is 6.14. The third-order valence-electron chi connectivity index (χ3n) is 1.96. The van der Waals surface area contributed by atoms with Crippen molar-refractivity contribution in [2.24, 2.45) is 0 Å². The van der Waals surface area contributed by atoms with Crippen molar-refractivity contribution in [3.8, 4) is 0 Å². The minimum atomic E-state index is -2.93. The van der Waals surface area contributed by atoms with Crippen LogP contribution in [-0.4, -0.2) is 24.0 Å². The summed E-state index contributed by atoms with van der Waals surface area (Å²) >= 11 is 1.49. The first kappa shape index (κ1) is 7.43. The van der Waals surface area contributed by atoms with Crippen LogP contribution in [0.5, 0.6) is 0 Å². The summed E-state index contributed by atoms with van der Waals surface area (Å²) in [7, 11) is -2.93. The molecule has 2 aliphatic rings. The Hall–Kier alpha value is -0.220. The number of thioether (sulfide) groups is 1. The maximum atomic E-state index is 11.2. The first-order chi connectivity index (χ1) is 5.06. The molecule has 0 aromatic rings. The molecule has 1 heterocycles. The second kappa shape index (κ2) is 1.93. The lowest BCUT2D eigenvalue weighted by Gasteiger charge is -2.07. The average molecular weight is 188 g/mol. The molecular formula is C7H8O2S2. The molecule has 1 saturated heterocycles. The Kier molecular flexibility index (Phi) is 1.30. The van der Waals surface area contributed by atoms with Gasteiger partial charge in [0.15, 0.2) is 13.9 Å². The molecule has 1 fully saturated rings. The minimum Gasteiger partial charge on any atom is -0.227 e. The van der Waals surface area contributed by atoms with E-state index in [0.29, 0.717) is 0 Å². The molecule has 0 saturated carbocycles. The summed E-state index contributed by atoms with van der Waals surface area (Å²) in [5, 5.41) is 0.169. The number of allylic oxidation sites excluding steroid dienone is 2. The van der Waals surface area contributed by atoms with Crippen LogP contribution in [0, 0.1) is 0 Å². The predicted octanol–water partition coefficient (Wildman–Crippen LogP) is 0.969. The van der Waals surface area contributed by atoms with Gasteiger partial charge in [0.1, 0.15) is 0 Å². The fraction of sp³-hybridized carbons (Fsp3) is 0.429. The second-order valence-corrected chi connectivity index (χ2v) is 6.67. The van der Waals surface area contributed by atoms with Gasteiger partial charge in [-0.3, -0.25) is 0 Å². The fourth-order valence-electron chi connectivity index (χ4n) is 1.25. The lowest BCUT2D eigenvalue weighted by molar-refractivity contribution is 0.595. The molecule has 2 unspecified atom stereocenters.